The molecule has 0 radical (unpaired) electrons. The summed E-state index contributed by atoms with van der Waals surface area (Å²) in [5, 5.41) is 0. The molecule has 1 aliphatic carbocycles. The van der Waals surface area contributed by atoms with Crippen LogP contribution in [0.15, 0.2) is 12.1 Å². The van der Waals surface area contributed by atoms with Gasteiger partial charge in [-0.05, 0) is 62.3 Å². The van der Waals surface area contributed by atoms with Gasteiger partial charge >= 0.3 is 0 Å². The number of ether oxygens (including phenoxy) is 1. The summed E-state index contributed by atoms with van der Waals surface area (Å²) in [5.74, 6) is 1.81. The second-order valence-corrected chi connectivity index (χ2v) is 5.49. The van der Waals surface area contributed by atoms with E-state index >= 15 is 0 Å². The molecule has 1 fully saturated rings. The van der Waals surface area contributed by atoms with E-state index in [4.69, 9.17) is 10.5 Å². The Bertz CT molecular complexity index is 400. The monoisotopic (exact) mass is 233 g/mol. The van der Waals surface area contributed by atoms with Crippen LogP contribution < -0.4 is 10.5 Å². The van der Waals surface area contributed by atoms with E-state index in [9.17, 15) is 0 Å². The van der Waals surface area contributed by atoms with Gasteiger partial charge in [0.2, 0.25) is 0 Å². The van der Waals surface area contributed by atoms with Gasteiger partial charge in [0.1, 0.15) is 5.75 Å². The Hall–Kier alpha value is -1.18. The van der Waals surface area contributed by atoms with Gasteiger partial charge in [0.05, 0.1) is 6.10 Å². The van der Waals surface area contributed by atoms with Crippen molar-refractivity contribution >= 4 is 5.69 Å². The van der Waals surface area contributed by atoms with Crippen molar-refractivity contribution in [2.75, 3.05) is 5.73 Å². The van der Waals surface area contributed by atoms with Crippen molar-refractivity contribution in [2.45, 2.75) is 52.6 Å². The number of benzene rings is 1. The Kier molecular flexibility index (Phi) is 3.60. The average molecular weight is 233 g/mol. The number of nitrogen functional groups attached to an aromatic ring is 1. The van der Waals surface area contributed by atoms with E-state index in [1.165, 1.54) is 25.7 Å². The van der Waals surface area contributed by atoms with Gasteiger partial charge in [-0.1, -0.05) is 13.3 Å². The highest BCUT2D eigenvalue weighted by atomic mass is 16.5. The van der Waals surface area contributed by atoms with Crippen LogP contribution in [0.3, 0.4) is 0 Å². The fraction of sp³-hybridized carbons (Fsp3) is 0.600. The quantitative estimate of drug-likeness (QED) is 0.788. The summed E-state index contributed by atoms with van der Waals surface area (Å²) in [4.78, 5) is 0. The lowest BCUT2D eigenvalue weighted by Crippen LogP contribution is -2.24. The number of nitrogens with two attached hydrogens (primary N) is 1. The molecule has 2 N–H and O–H groups in total. The summed E-state index contributed by atoms with van der Waals surface area (Å²) in [7, 11) is 0. The second-order valence-electron chi connectivity index (χ2n) is 5.49. The van der Waals surface area contributed by atoms with Gasteiger partial charge in [0, 0.05) is 5.69 Å². The molecule has 1 aliphatic rings. The Morgan fingerprint density at radius 1 is 1.18 bits per heavy atom. The van der Waals surface area contributed by atoms with Crippen LogP contribution in [0.4, 0.5) is 5.69 Å². The maximum absolute atomic E-state index is 6.14. The van der Waals surface area contributed by atoms with E-state index in [0.717, 1.165) is 28.5 Å². The smallest absolute Gasteiger partial charge is 0.123 e. The maximum Gasteiger partial charge on any atom is 0.123 e. The minimum atomic E-state index is 0.389. The molecule has 2 heteroatoms. The third kappa shape index (κ3) is 2.93. The molecule has 17 heavy (non-hydrogen) atoms. The van der Waals surface area contributed by atoms with E-state index in [0.29, 0.717) is 6.10 Å². The molecule has 0 amide bonds. The summed E-state index contributed by atoms with van der Waals surface area (Å²) in [6.07, 6.45) is 5.40. The molecule has 0 saturated heterocycles. The summed E-state index contributed by atoms with van der Waals surface area (Å²) in [6, 6.07) is 4.08. The van der Waals surface area contributed by atoms with Crippen molar-refractivity contribution in [3.05, 3.63) is 23.3 Å². The van der Waals surface area contributed by atoms with Crippen LogP contribution >= 0.6 is 0 Å². The predicted octanol–water partition coefficient (Wildman–Crippen LogP) is 3.84. The van der Waals surface area contributed by atoms with Gasteiger partial charge in [-0.3, -0.25) is 0 Å². The lowest BCUT2D eigenvalue weighted by molar-refractivity contribution is 0.128. The van der Waals surface area contributed by atoms with Gasteiger partial charge in [0.25, 0.3) is 0 Å². The van der Waals surface area contributed by atoms with Crippen molar-refractivity contribution in [2.24, 2.45) is 5.92 Å². The maximum atomic E-state index is 6.14. The first kappa shape index (κ1) is 12.3. The fourth-order valence-electron chi connectivity index (χ4n) is 2.60. The predicted molar refractivity (Wildman–Crippen MR) is 72.4 cm³/mol. The molecule has 0 spiro atoms. The van der Waals surface area contributed by atoms with Crippen LogP contribution in [-0.4, -0.2) is 6.10 Å². The number of hydrogen-bond acceptors (Lipinski definition) is 2. The zero-order valence-corrected chi connectivity index (χ0v) is 11.1. The van der Waals surface area contributed by atoms with E-state index in [1.54, 1.807) is 0 Å². The molecular formula is C15H23NO. The van der Waals surface area contributed by atoms with Crippen LogP contribution in [0, 0.1) is 19.8 Å². The molecule has 0 heterocycles. The first-order valence-electron chi connectivity index (χ1n) is 6.59. The van der Waals surface area contributed by atoms with Crippen LogP contribution in [0.25, 0.3) is 0 Å². The van der Waals surface area contributed by atoms with Crippen LogP contribution in [0.1, 0.15) is 43.7 Å². The third-order valence-electron chi connectivity index (χ3n) is 3.75. The zero-order chi connectivity index (χ0) is 12.4. The highest BCUT2D eigenvalue weighted by molar-refractivity contribution is 5.53. The van der Waals surface area contributed by atoms with Gasteiger partial charge in [-0.15, -0.1) is 0 Å². The largest absolute Gasteiger partial charge is 0.490 e. The lowest BCUT2D eigenvalue weighted by atomic mass is 9.88. The van der Waals surface area contributed by atoms with Crippen molar-refractivity contribution in [1.82, 2.24) is 0 Å². The molecule has 0 aliphatic heterocycles. The fourth-order valence-corrected chi connectivity index (χ4v) is 2.60. The van der Waals surface area contributed by atoms with Crippen molar-refractivity contribution in [3.8, 4) is 5.75 Å². The average Bonchev–Trinajstić information content (AvgIpc) is 2.26. The molecule has 1 aromatic rings. The molecule has 0 bridgehead atoms. The van der Waals surface area contributed by atoms with E-state index in [1.807, 2.05) is 13.0 Å². The molecule has 2 rings (SSSR count). The topological polar surface area (TPSA) is 35.2 Å². The molecule has 1 saturated carbocycles. The van der Waals surface area contributed by atoms with Gasteiger partial charge in [-0.25, -0.2) is 0 Å². The molecule has 2 nitrogen and oxygen atoms in total. The molecule has 94 valence electrons. The zero-order valence-electron chi connectivity index (χ0n) is 11.1. The summed E-state index contributed by atoms with van der Waals surface area (Å²) in [5.41, 5.74) is 8.99. The molecule has 2 unspecified atom stereocenters. The number of aryl methyl sites for hydroxylation is 2. The first-order valence-corrected chi connectivity index (χ1v) is 6.59. The minimum absolute atomic E-state index is 0.389. The lowest BCUT2D eigenvalue weighted by Gasteiger charge is -2.28. The Labute approximate surface area is 104 Å². The van der Waals surface area contributed by atoms with Crippen LogP contribution in [-0.2, 0) is 0 Å². The normalized spacial score (nSPS) is 24.6. The molecule has 0 aromatic heterocycles. The Morgan fingerprint density at radius 2 is 1.94 bits per heavy atom. The number of hydrogen-bond donors (Lipinski definition) is 1. The first-order chi connectivity index (χ1) is 8.06. The van der Waals surface area contributed by atoms with Gasteiger partial charge in [0.15, 0.2) is 0 Å². The highest BCUT2D eigenvalue weighted by Crippen LogP contribution is 2.30. The van der Waals surface area contributed by atoms with Crippen molar-refractivity contribution < 1.29 is 4.74 Å². The number of anilines is 1. The van der Waals surface area contributed by atoms with Crippen LogP contribution in [0.2, 0.25) is 0 Å². The minimum Gasteiger partial charge on any atom is -0.490 e. The van der Waals surface area contributed by atoms with E-state index < -0.39 is 0 Å². The Morgan fingerprint density at radius 3 is 2.65 bits per heavy atom. The standard InChI is InChI=1S/C15H23NO/c1-10-5-4-6-13(7-10)17-15-9-11(2)14(16)8-12(15)3/h8-10,13H,4-7,16H2,1-3H3. The SMILES string of the molecule is Cc1cc(OC2CCCC(C)C2)c(C)cc1N. The van der Waals surface area contributed by atoms with Gasteiger partial charge in [-0.2, -0.15) is 0 Å². The summed E-state index contributed by atoms with van der Waals surface area (Å²) >= 11 is 0. The van der Waals surface area contributed by atoms with E-state index in [-0.39, 0.29) is 0 Å². The highest BCUT2D eigenvalue weighted by Gasteiger charge is 2.20. The summed E-state index contributed by atoms with van der Waals surface area (Å²) in [6.45, 7) is 6.42. The molecule has 1 aromatic carbocycles. The molecular weight excluding hydrogens is 210 g/mol. The van der Waals surface area contributed by atoms with Crippen molar-refractivity contribution in [1.29, 1.82) is 0 Å². The van der Waals surface area contributed by atoms with Crippen molar-refractivity contribution in [3.63, 3.8) is 0 Å². The van der Waals surface area contributed by atoms with Crippen LogP contribution in [0.5, 0.6) is 5.75 Å². The number of rotatable bonds is 2. The summed E-state index contributed by atoms with van der Waals surface area (Å²) < 4.78 is 6.14. The second kappa shape index (κ2) is 4.99. The molecule has 2 atom stereocenters. The van der Waals surface area contributed by atoms with E-state index in [2.05, 4.69) is 19.9 Å². The Balaban J connectivity index is 2.10. The third-order valence-corrected chi connectivity index (χ3v) is 3.75. The van der Waals surface area contributed by atoms with Gasteiger partial charge < -0.3 is 10.5 Å².